The van der Waals surface area contributed by atoms with E-state index in [4.69, 9.17) is 4.74 Å². The van der Waals surface area contributed by atoms with E-state index in [0.717, 1.165) is 17.5 Å². The second-order valence-corrected chi connectivity index (χ2v) is 6.46. The van der Waals surface area contributed by atoms with Crippen LogP contribution >= 0.6 is 31.9 Å². The molecule has 0 amide bonds. The molecule has 0 aliphatic carbocycles. The minimum absolute atomic E-state index is 0.0165. The molecule has 1 nitrogen and oxygen atoms in total. The molecule has 0 saturated carbocycles. The number of methoxy groups -OCH3 is 1. The van der Waals surface area contributed by atoms with E-state index in [1.54, 1.807) is 7.11 Å². The topological polar surface area (TPSA) is 9.23 Å². The first kappa shape index (κ1) is 16.6. The van der Waals surface area contributed by atoms with Crippen LogP contribution in [0.2, 0.25) is 0 Å². The lowest BCUT2D eigenvalue weighted by Gasteiger charge is -2.14. The van der Waals surface area contributed by atoms with Crippen LogP contribution in [0.1, 0.15) is 21.5 Å². The van der Waals surface area contributed by atoms with Gasteiger partial charge in [-0.3, -0.25) is 0 Å². The molecule has 0 N–H and O–H groups in total. The first-order valence-corrected chi connectivity index (χ1v) is 8.10. The molecule has 21 heavy (non-hydrogen) atoms. The van der Waals surface area contributed by atoms with Gasteiger partial charge in [0.1, 0.15) is 11.6 Å². The van der Waals surface area contributed by atoms with Crippen LogP contribution in [0.3, 0.4) is 0 Å². The minimum atomic E-state index is -0.577. The Bertz CT molecular complexity index is 591. The van der Waals surface area contributed by atoms with Crippen LogP contribution in [0, 0.1) is 11.6 Å². The third-order valence-corrected chi connectivity index (χ3v) is 4.61. The zero-order valence-electron chi connectivity index (χ0n) is 11.4. The summed E-state index contributed by atoms with van der Waals surface area (Å²) in [6.45, 7) is 0.646. The Kier molecular flexibility index (Phi) is 5.90. The third kappa shape index (κ3) is 4.11. The van der Waals surface area contributed by atoms with Gasteiger partial charge >= 0.3 is 0 Å². The molecule has 2 rings (SSSR count). The van der Waals surface area contributed by atoms with Gasteiger partial charge in [0.15, 0.2) is 0 Å². The summed E-state index contributed by atoms with van der Waals surface area (Å²) in [4.78, 5) is -0.526. The molecule has 112 valence electrons. The van der Waals surface area contributed by atoms with Crippen molar-refractivity contribution in [2.45, 2.75) is 11.2 Å². The van der Waals surface area contributed by atoms with Crippen LogP contribution in [-0.4, -0.2) is 13.7 Å². The standard InChI is InChI=1S/C16H14Br2F2O/c1-21-7-6-10-2-4-11(5-3-10)16(18)15-13(19)8-12(17)9-14(15)20/h2-5,8-9,16H,6-7H2,1H3. The Morgan fingerprint density at radius 1 is 1.10 bits per heavy atom. The third-order valence-electron chi connectivity index (χ3n) is 3.16. The highest BCUT2D eigenvalue weighted by Crippen LogP contribution is 2.35. The van der Waals surface area contributed by atoms with Crippen molar-refractivity contribution in [1.82, 2.24) is 0 Å². The van der Waals surface area contributed by atoms with Crippen molar-refractivity contribution in [3.05, 3.63) is 69.2 Å². The Hall–Kier alpha value is -0.780. The highest BCUT2D eigenvalue weighted by molar-refractivity contribution is 9.10. The molecule has 1 atom stereocenters. The molecule has 0 saturated heterocycles. The van der Waals surface area contributed by atoms with Gasteiger partial charge in [0.25, 0.3) is 0 Å². The van der Waals surface area contributed by atoms with E-state index in [9.17, 15) is 8.78 Å². The number of rotatable bonds is 5. The molecule has 0 bridgehead atoms. The van der Waals surface area contributed by atoms with Crippen LogP contribution in [0.4, 0.5) is 8.78 Å². The maximum Gasteiger partial charge on any atom is 0.131 e. The van der Waals surface area contributed by atoms with E-state index in [-0.39, 0.29) is 5.56 Å². The van der Waals surface area contributed by atoms with Gasteiger partial charge in [0.2, 0.25) is 0 Å². The molecule has 2 aromatic carbocycles. The average Bonchev–Trinajstić information content (AvgIpc) is 2.44. The molecule has 1 unspecified atom stereocenters. The maximum atomic E-state index is 14.0. The molecule has 0 fully saturated rings. The molecule has 2 aromatic rings. The Balaban J connectivity index is 2.26. The lowest BCUT2D eigenvalue weighted by molar-refractivity contribution is 0.202. The molecule has 0 heterocycles. The van der Waals surface area contributed by atoms with Gasteiger partial charge in [0.05, 0.1) is 11.4 Å². The summed E-state index contributed by atoms with van der Waals surface area (Å²) in [5, 5.41) is 0. The predicted octanol–water partition coefficient (Wildman–Crippen LogP) is 5.40. The second kappa shape index (κ2) is 7.47. The molecule has 0 spiro atoms. The van der Waals surface area contributed by atoms with Crippen molar-refractivity contribution >= 4 is 31.9 Å². The molecule has 0 aliphatic heterocycles. The van der Waals surface area contributed by atoms with E-state index >= 15 is 0 Å². The second-order valence-electron chi connectivity index (χ2n) is 4.63. The summed E-state index contributed by atoms with van der Waals surface area (Å²) >= 11 is 6.46. The van der Waals surface area contributed by atoms with E-state index in [0.29, 0.717) is 11.1 Å². The number of alkyl halides is 1. The van der Waals surface area contributed by atoms with Crippen molar-refractivity contribution in [2.24, 2.45) is 0 Å². The SMILES string of the molecule is COCCc1ccc(C(Br)c2c(F)cc(Br)cc2F)cc1. The number of halogens is 4. The maximum absolute atomic E-state index is 14.0. The summed E-state index contributed by atoms with van der Waals surface area (Å²) in [6, 6.07) is 10.1. The monoisotopic (exact) mass is 418 g/mol. The smallest absolute Gasteiger partial charge is 0.131 e. The van der Waals surface area contributed by atoms with E-state index in [1.807, 2.05) is 24.3 Å². The lowest BCUT2D eigenvalue weighted by Crippen LogP contribution is -2.01. The molecule has 5 heteroatoms. The quantitative estimate of drug-likeness (QED) is 0.589. The fourth-order valence-corrected chi connectivity index (χ4v) is 3.18. The van der Waals surface area contributed by atoms with Crippen LogP contribution in [0.25, 0.3) is 0 Å². The zero-order chi connectivity index (χ0) is 15.4. The fraction of sp³-hybridized carbons (Fsp3) is 0.250. The summed E-state index contributed by atoms with van der Waals surface area (Å²) in [5.74, 6) is -1.15. The summed E-state index contributed by atoms with van der Waals surface area (Å²) in [5.41, 5.74) is 1.94. The van der Waals surface area contributed by atoms with E-state index in [2.05, 4.69) is 31.9 Å². The summed E-state index contributed by atoms with van der Waals surface area (Å²) in [7, 11) is 1.65. The normalized spacial score (nSPS) is 12.4. The zero-order valence-corrected chi connectivity index (χ0v) is 14.5. The van der Waals surface area contributed by atoms with E-state index < -0.39 is 16.5 Å². The Morgan fingerprint density at radius 3 is 2.19 bits per heavy atom. The van der Waals surface area contributed by atoms with Crippen molar-refractivity contribution < 1.29 is 13.5 Å². The number of benzene rings is 2. The van der Waals surface area contributed by atoms with Gasteiger partial charge in [-0.15, -0.1) is 0 Å². The van der Waals surface area contributed by atoms with Gasteiger partial charge in [-0.2, -0.15) is 0 Å². The van der Waals surface area contributed by atoms with Crippen molar-refractivity contribution in [1.29, 1.82) is 0 Å². The fourth-order valence-electron chi connectivity index (χ4n) is 2.04. The first-order chi connectivity index (χ1) is 10.0. The van der Waals surface area contributed by atoms with Gasteiger partial charge in [-0.25, -0.2) is 8.78 Å². The van der Waals surface area contributed by atoms with E-state index in [1.165, 1.54) is 12.1 Å². The van der Waals surface area contributed by atoms with Crippen LogP contribution in [0.15, 0.2) is 40.9 Å². The molecular formula is C16H14Br2F2O. The Labute approximate surface area is 139 Å². The molecule has 0 aliphatic rings. The minimum Gasteiger partial charge on any atom is -0.384 e. The number of ether oxygens (including phenoxy) is 1. The van der Waals surface area contributed by atoms with Gasteiger partial charge in [0, 0.05) is 17.1 Å². The van der Waals surface area contributed by atoms with Crippen LogP contribution in [0.5, 0.6) is 0 Å². The largest absolute Gasteiger partial charge is 0.384 e. The van der Waals surface area contributed by atoms with Crippen molar-refractivity contribution in [3.63, 3.8) is 0 Å². The Morgan fingerprint density at radius 2 is 1.67 bits per heavy atom. The lowest BCUT2D eigenvalue weighted by atomic mass is 10.0. The summed E-state index contributed by atoms with van der Waals surface area (Å²) in [6.07, 6.45) is 0.810. The highest BCUT2D eigenvalue weighted by atomic mass is 79.9. The molecular weight excluding hydrogens is 406 g/mol. The first-order valence-electron chi connectivity index (χ1n) is 6.39. The van der Waals surface area contributed by atoms with Gasteiger partial charge in [-0.1, -0.05) is 56.1 Å². The van der Waals surface area contributed by atoms with Gasteiger partial charge in [-0.05, 0) is 29.7 Å². The average molecular weight is 420 g/mol. The predicted molar refractivity (Wildman–Crippen MR) is 86.9 cm³/mol. The highest BCUT2D eigenvalue weighted by Gasteiger charge is 2.20. The number of hydrogen-bond acceptors (Lipinski definition) is 1. The van der Waals surface area contributed by atoms with Gasteiger partial charge < -0.3 is 4.74 Å². The number of hydrogen-bond donors (Lipinski definition) is 0. The van der Waals surface area contributed by atoms with Crippen molar-refractivity contribution in [3.8, 4) is 0 Å². The van der Waals surface area contributed by atoms with Crippen LogP contribution < -0.4 is 0 Å². The molecule has 0 aromatic heterocycles. The van der Waals surface area contributed by atoms with Crippen LogP contribution in [-0.2, 0) is 11.2 Å². The van der Waals surface area contributed by atoms with Crippen molar-refractivity contribution in [2.75, 3.05) is 13.7 Å². The summed E-state index contributed by atoms with van der Waals surface area (Å²) < 4.78 is 33.4. The molecule has 0 radical (unpaired) electrons.